The molecule has 1 fully saturated rings. The van der Waals surface area contributed by atoms with E-state index in [9.17, 15) is 9.59 Å². The highest BCUT2D eigenvalue weighted by molar-refractivity contribution is 6.00. The maximum Gasteiger partial charge on any atom is 0.256 e. The molecule has 1 N–H and O–H groups in total. The zero-order valence-corrected chi connectivity index (χ0v) is 20.4. The van der Waals surface area contributed by atoms with Crippen molar-refractivity contribution in [2.24, 2.45) is 0 Å². The van der Waals surface area contributed by atoms with Gasteiger partial charge in [-0.05, 0) is 66.6 Å². The van der Waals surface area contributed by atoms with E-state index in [0.29, 0.717) is 12.1 Å². The Morgan fingerprint density at radius 1 is 0.857 bits per heavy atom. The molecule has 35 heavy (non-hydrogen) atoms. The van der Waals surface area contributed by atoms with Gasteiger partial charge in [-0.2, -0.15) is 0 Å². The summed E-state index contributed by atoms with van der Waals surface area (Å²) in [4.78, 5) is 30.5. The first kappa shape index (κ1) is 23.2. The van der Waals surface area contributed by atoms with Crippen LogP contribution in [0.4, 0.5) is 5.69 Å². The fraction of sp³-hybridized carbons (Fsp3) is 0.333. The molecule has 5 nitrogen and oxygen atoms in total. The Hall–Kier alpha value is -3.60. The summed E-state index contributed by atoms with van der Waals surface area (Å²) >= 11 is 0. The first-order chi connectivity index (χ1) is 17.1. The highest BCUT2D eigenvalue weighted by atomic mass is 16.2. The molecule has 1 saturated heterocycles. The Morgan fingerprint density at radius 3 is 2.29 bits per heavy atom. The second-order valence-corrected chi connectivity index (χ2v) is 9.55. The van der Waals surface area contributed by atoms with Gasteiger partial charge in [0.05, 0.1) is 5.56 Å². The van der Waals surface area contributed by atoms with E-state index in [2.05, 4.69) is 41.4 Å². The number of rotatable bonds is 5. The van der Waals surface area contributed by atoms with Crippen LogP contribution in [-0.2, 0) is 19.4 Å². The number of carbonyl (C=O) groups excluding carboxylic acids is 2. The van der Waals surface area contributed by atoms with E-state index < -0.39 is 0 Å². The smallest absolute Gasteiger partial charge is 0.256 e. The van der Waals surface area contributed by atoms with Gasteiger partial charge in [-0.25, -0.2) is 0 Å². The minimum atomic E-state index is -0.00735. The maximum absolute atomic E-state index is 13.5. The lowest BCUT2D eigenvalue weighted by Crippen LogP contribution is -2.45. The van der Waals surface area contributed by atoms with Crippen LogP contribution in [0.1, 0.15) is 57.2 Å². The van der Waals surface area contributed by atoms with Gasteiger partial charge < -0.3 is 15.1 Å². The molecule has 5 rings (SSSR count). The van der Waals surface area contributed by atoms with Gasteiger partial charge in [-0.15, -0.1) is 0 Å². The highest BCUT2D eigenvalue weighted by Crippen LogP contribution is 2.28. The maximum atomic E-state index is 13.5. The predicted octanol–water partition coefficient (Wildman–Crippen LogP) is 4.85. The molecule has 2 heterocycles. The van der Waals surface area contributed by atoms with Crippen molar-refractivity contribution in [1.29, 1.82) is 0 Å². The van der Waals surface area contributed by atoms with E-state index >= 15 is 0 Å². The number of fused-ring (bicyclic) bond motifs is 1. The minimum Gasteiger partial charge on any atom is -0.371 e. The third-order valence-corrected chi connectivity index (χ3v) is 7.35. The van der Waals surface area contributed by atoms with Gasteiger partial charge in [0.25, 0.3) is 11.8 Å². The average Bonchev–Trinajstić information content (AvgIpc) is 2.93. The van der Waals surface area contributed by atoms with Crippen LogP contribution in [0.5, 0.6) is 0 Å². The Bertz CT molecular complexity index is 1200. The number of anilines is 1. The van der Waals surface area contributed by atoms with Crippen LogP contribution in [0.2, 0.25) is 0 Å². The summed E-state index contributed by atoms with van der Waals surface area (Å²) < 4.78 is 0. The largest absolute Gasteiger partial charge is 0.371 e. The molecular formula is C30H33N3O2. The summed E-state index contributed by atoms with van der Waals surface area (Å²) in [5.41, 5.74) is 6.29. The number of para-hydroxylation sites is 1. The number of nitrogens with one attached hydrogen (secondary N) is 1. The van der Waals surface area contributed by atoms with E-state index in [4.69, 9.17) is 0 Å². The first-order valence-electron chi connectivity index (χ1n) is 12.7. The van der Waals surface area contributed by atoms with Gasteiger partial charge in [0, 0.05) is 43.5 Å². The molecule has 0 aliphatic carbocycles. The molecule has 0 unspecified atom stereocenters. The number of hydrogen-bond donors (Lipinski definition) is 1. The van der Waals surface area contributed by atoms with Gasteiger partial charge >= 0.3 is 0 Å². The van der Waals surface area contributed by atoms with E-state index in [1.54, 1.807) is 0 Å². The second-order valence-electron chi connectivity index (χ2n) is 9.55. The predicted molar refractivity (Wildman–Crippen MR) is 140 cm³/mol. The van der Waals surface area contributed by atoms with Crippen LogP contribution in [0.15, 0.2) is 72.8 Å². The summed E-state index contributed by atoms with van der Waals surface area (Å²) in [7, 11) is 0. The number of amides is 2. The molecule has 0 radical (unpaired) electrons. The number of carbonyl (C=O) groups is 2. The zero-order valence-electron chi connectivity index (χ0n) is 20.4. The van der Waals surface area contributed by atoms with Crippen LogP contribution < -0.4 is 10.2 Å². The van der Waals surface area contributed by atoms with E-state index in [1.165, 1.54) is 16.7 Å². The van der Waals surface area contributed by atoms with Gasteiger partial charge in [0.15, 0.2) is 0 Å². The highest BCUT2D eigenvalue weighted by Gasteiger charge is 2.27. The topological polar surface area (TPSA) is 52.7 Å². The molecular weight excluding hydrogens is 434 g/mol. The van der Waals surface area contributed by atoms with Crippen LogP contribution in [0.25, 0.3) is 0 Å². The molecule has 2 aliphatic rings. The summed E-state index contributed by atoms with van der Waals surface area (Å²) in [5, 5.41) is 3.20. The minimum absolute atomic E-state index is 0.00735. The normalized spacial score (nSPS) is 16.0. The van der Waals surface area contributed by atoms with Crippen LogP contribution >= 0.6 is 0 Å². The van der Waals surface area contributed by atoms with Gasteiger partial charge in [0.2, 0.25) is 0 Å². The Kier molecular flexibility index (Phi) is 6.84. The fourth-order valence-electron chi connectivity index (χ4n) is 5.19. The van der Waals surface area contributed by atoms with Gasteiger partial charge in [-0.3, -0.25) is 9.59 Å². The van der Waals surface area contributed by atoms with Crippen molar-refractivity contribution in [3.8, 4) is 0 Å². The van der Waals surface area contributed by atoms with E-state index in [-0.39, 0.29) is 17.9 Å². The molecule has 2 aliphatic heterocycles. The van der Waals surface area contributed by atoms with Gasteiger partial charge in [0.1, 0.15) is 0 Å². The number of aryl methyl sites for hydroxylation is 1. The van der Waals surface area contributed by atoms with Crippen molar-refractivity contribution in [1.82, 2.24) is 10.2 Å². The number of nitrogens with zero attached hydrogens (tertiary/aromatic N) is 2. The molecule has 0 spiro atoms. The average molecular weight is 468 g/mol. The number of hydrogen-bond acceptors (Lipinski definition) is 3. The molecule has 3 aromatic rings. The molecule has 180 valence electrons. The third kappa shape index (κ3) is 5.09. The fourth-order valence-corrected chi connectivity index (χ4v) is 5.19. The molecule has 0 bridgehead atoms. The Labute approximate surface area is 207 Å². The van der Waals surface area contributed by atoms with E-state index in [0.717, 1.165) is 56.6 Å². The van der Waals surface area contributed by atoms with E-state index in [1.807, 2.05) is 53.4 Å². The molecule has 0 saturated carbocycles. The molecule has 2 amide bonds. The van der Waals surface area contributed by atoms with Crippen LogP contribution in [-0.4, -0.2) is 42.4 Å². The second kappa shape index (κ2) is 10.3. The third-order valence-electron chi connectivity index (χ3n) is 7.35. The van der Waals surface area contributed by atoms with Crippen molar-refractivity contribution in [3.63, 3.8) is 0 Å². The summed E-state index contributed by atoms with van der Waals surface area (Å²) in [5.74, 6) is 0.0908. The van der Waals surface area contributed by atoms with Crippen LogP contribution in [0.3, 0.4) is 0 Å². The SMILES string of the molecule is CCc1ccc(C(=O)NC2CCN(c3ccccc3C(=O)N3CCc4ccccc4C3)CC2)cc1. The molecule has 5 heteroatoms. The lowest BCUT2D eigenvalue weighted by atomic mass is 9.98. The summed E-state index contributed by atoms with van der Waals surface area (Å²) in [6.45, 7) is 5.15. The summed E-state index contributed by atoms with van der Waals surface area (Å²) in [6, 6.07) is 24.4. The Morgan fingerprint density at radius 2 is 1.54 bits per heavy atom. The van der Waals surface area contributed by atoms with Crippen molar-refractivity contribution in [2.75, 3.05) is 24.5 Å². The number of piperidine rings is 1. The zero-order chi connectivity index (χ0) is 24.2. The number of benzene rings is 3. The molecule has 3 aromatic carbocycles. The molecule has 0 aromatic heterocycles. The Balaban J connectivity index is 1.22. The standard InChI is InChI=1S/C30H33N3O2/c1-2-22-11-13-24(14-12-22)29(34)31-26-16-19-32(20-17-26)28-10-6-5-9-27(28)30(35)33-18-15-23-7-3-4-8-25(23)21-33/h3-14,26H,2,15-21H2,1H3,(H,31,34). The monoisotopic (exact) mass is 467 g/mol. The van der Waals surface area contributed by atoms with Gasteiger partial charge in [-0.1, -0.05) is 55.5 Å². The quantitative estimate of drug-likeness (QED) is 0.584. The van der Waals surface area contributed by atoms with Crippen molar-refractivity contribution >= 4 is 17.5 Å². The molecule has 0 atom stereocenters. The first-order valence-corrected chi connectivity index (χ1v) is 12.7. The van der Waals surface area contributed by atoms with Crippen molar-refractivity contribution in [3.05, 3.63) is 101 Å². The van der Waals surface area contributed by atoms with Crippen molar-refractivity contribution in [2.45, 2.75) is 45.2 Å². The lowest BCUT2D eigenvalue weighted by molar-refractivity contribution is 0.0735. The summed E-state index contributed by atoms with van der Waals surface area (Å²) in [6.07, 6.45) is 3.59. The lowest BCUT2D eigenvalue weighted by Gasteiger charge is -2.36. The van der Waals surface area contributed by atoms with Crippen LogP contribution in [0, 0.1) is 0 Å². The van der Waals surface area contributed by atoms with Crippen molar-refractivity contribution < 1.29 is 9.59 Å².